The van der Waals surface area contributed by atoms with Crippen LogP contribution in [0, 0.1) is 5.82 Å². The fourth-order valence-electron chi connectivity index (χ4n) is 2.37. The van der Waals surface area contributed by atoms with E-state index in [4.69, 9.17) is 11.6 Å². The summed E-state index contributed by atoms with van der Waals surface area (Å²) >= 11 is 9.22. The van der Waals surface area contributed by atoms with Crippen molar-refractivity contribution in [2.75, 3.05) is 11.4 Å². The van der Waals surface area contributed by atoms with Crippen molar-refractivity contribution in [1.29, 1.82) is 0 Å². The molecule has 0 unspecified atom stereocenters. The molecule has 0 spiro atoms. The quantitative estimate of drug-likeness (QED) is 0.741. The first kappa shape index (κ1) is 13.6. The molecule has 1 aliphatic heterocycles. The standard InChI is InChI=1S/C15H10BrClFNO/c16-13-7-10(17)2-4-12(13)15(20)19-6-5-9-1-3-11(18)8-14(9)19/h1-4,7-8H,5-6H2. The van der Waals surface area contributed by atoms with Crippen LogP contribution in [-0.2, 0) is 6.42 Å². The van der Waals surface area contributed by atoms with Crippen LogP contribution in [0.1, 0.15) is 15.9 Å². The molecule has 0 saturated carbocycles. The van der Waals surface area contributed by atoms with Crippen molar-refractivity contribution in [2.45, 2.75) is 6.42 Å². The highest BCUT2D eigenvalue weighted by Crippen LogP contribution is 2.32. The molecule has 0 radical (unpaired) electrons. The lowest BCUT2D eigenvalue weighted by molar-refractivity contribution is 0.0988. The van der Waals surface area contributed by atoms with Crippen molar-refractivity contribution in [3.8, 4) is 0 Å². The zero-order chi connectivity index (χ0) is 14.3. The molecule has 0 atom stereocenters. The van der Waals surface area contributed by atoms with E-state index < -0.39 is 0 Å². The van der Waals surface area contributed by atoms with E-state index in [0.717, 1.165) is 12.0 Å². The van der Waals surface area contributed by atoms with Gasteiger partial charge in [-0.25, -0.2) is 4.39 Å². The van der Waals surface area contributed by atoms with Crippen molar-refractivity contribution in [3.63, 3.8) is 0 Å². The predicted octanol–water partition coefficient (Wildman–Crippen LogP) is 4.44. The highest BCUT2D eigenvalue weighted by atomic mass is 79.9. The Bertz CT molecular complexity index is 704. The smallest absolute Gasteiger partial charge is 0.259 e. The number of hydrogen-bond acceptors (Lipinski definition) is 1. The van der Waals surface area contributed by atoms with Crippen LogP contribution in [-0.4, -0.2) is 12.5 Å². The van der Waals surface area contributed by atoms with Gasteiger partial charge in [0.2, 0.25) is 0 Å². The average Bonchev–Trinajstić information content (AvgIpc) is 2.81. The van der Waals surface area contributed by atoms with Crippen molar-refractivity contribution in [1.82, 2.24) is 0 Å². The van der Waals surface area contributed by atoms with Gasteiger partial charge in [-0.3, -0.25) is 4.79 Å². The first-order valence-corrected chi connectivity index (χ1v) is 7.29. The highest BCUT2D eigenvalue weighted by molar-refractivity contribution is 9.10. The molecule has 0 N–H and O–H groups in total. The Morgan fingerprint density at radius 3 is 2.80 bits per heavy atom. The van der Waals surface area contributed by atoms with Gasteiger partial charge in [0.1, 0.15) is 5.82 Å². The van der Waals surface area contributed by atoms with Crippen LogP contribution >= 0.6 is 27.5 Å². The molecule has 0 saturated heterocycles. The summed E-state index contributed by atoms with van der Waals surface area (Å²) in [5.41, 5.74) is 2.16. The molecule has 1 aliphatic rings. The molecule has 1 heterocycles. The molecule has 20 heavy (non-hydrogen) atoms. The van der Waals surface area contributed by atoms with E-state index in [9.17, 15) is 9.18 Å². The van der Waals surface area contributed by atoms with E-state index in [1.807, 2.05) is 0 Å². The lowest BCUT2D eigenvalue weighted by Crippen LogP contribution is -2.29. The van der Waals surface area contributed by atoms with Gasteiger partial charge in [0.25, 0.3) is 5.91 Å². The Hall–Kier alpha value is -1.39. The highest BCUT2D eigenvalue weighted by Gasteiger charge is 2.27. The summed E-state index contributed by atoms with van der Waals surface area (Å²) in [5, 5.41) is 0.557. The fraction of sp³-hybridized carbons (Fsp3) is 0.133. The summed E-state index contributed by atoms with van der Waals surface area (Å²) < 4.78 is 14.0. The van der Waals surface area contributed by atoms with Gasteiger partial charge in [0.05, 0.1) is 11.3 Å². The van der Waals surface area contributed by atoms with Crippen LogP contribution in [0.4, 0.5) is 10.1 Å². The summed E-state index contributed by atoms with van der Waals surface area (Å²) in [5.74, 6) is -0.489. The van der Waals surface area contributed by atoms with E-state index in [2.05, 4.69) is 15.9 Å². The second-order valence-corrected chi connectivity index (χ2v) is 5.89. The number of carbonyl (C=O) groups excluding carboxylic acids is 1. The molecule has 0 aliphatic carbocycles. The van der Waals surface area contributed by atoms with Gasteiger partial charge < -0.3 is 4.90 Å². The normalized spacial score (nSPS) is 13.4. The largest absolute Gasteiger partial charge is 0.308 e. The first-order chi connectivity index (χ1) is 9.56. The molecular formula is C15H10BrClFNO. The topological polar surface area (TPSA) is 20.3 Å². The van der Waals surface area contributed by atoms with E-state index in [0.29, 0.717) is 27.3 Å². The summed E-state index contributed by atoms with van der Waals surface area (Å²) in [6.45, 7) is 0.562. The van der Waals surface area contributed by atoms with Crippen LogP contribution in [0.5, 0.6) is 0 Å². The van der Waals surface area contributed by atoms with Crippen LogP contribution < -0.4 is 4.90 Å². The van der Waals surface area contributed by atoms with E-state index >= 15 is 0 Å². The number of anilines is 1. The number of fused-ring (bicyclic) bond motifs is 1. The molecule has 5 heteroatoms. The van der Waals surface area contributed by atoms with E-state index in [1.165, 1.54) is 12.1 Å². The molecule has 3 rings (SSSR count). The summed E-state index contributed by atoms with van der Waals surface area (Å²) in [6.07, 6.45) is 0.743. The number of rotatable bonds is 1. The third-order valence-electron chi connectivity index (χ3n) is 3.35. The minimum Gasteiger partial charge on any atom is -0.308 e. The van der Waals surface area contributed by atoms with Crippen molar-refractivity contribution >= 4 is 39.1 Å². The van der Waals surface area contributed by atoms with Gasteiger partial charge in [-0.05, 0) is 58.2 Å². The summed E-state index contributed by atoms with van der Waals surface area (Å²) in [7, 11) is 0. The van der Waals surface area contributed by atoms with Crippen molar-refractivity contribution < 1.29 is 9.18 Å². The van der Waals surface area contributed by atoms with Gasteiger partial charge in [0, 0.05) is 16.0 Å². The minimum atomic E-state index is -0.335. The molecule has 0 fully saturated rings. The molecule has 0 bridgehead atoms. The maximum atomic E-state index is 13.4. The maximum absolute atomic E-state index is 13.4. The van der Waals surface area contributed by atoms with E-state index in [-0.39, 0.29) is 11.7 Å². The second-order valence-electron chi connectivity index (χ2n) is 4.60. The number of halogens is 3. The molecule has 2 aromatic rings. The number of benzene rings is 2. The fourth-order valence-corrected chi connectivity index (χ4v) is 3.22. The second kappa shape index (κ2) is 5.19. The predicted molar refractivity (Wildman–Crippen MR) is 80.9 cm³/mol. The Labute approximate surface area is 129 Å². The van der Waals surface area contributed by atoms with E-state index in [1.54, 1.807) is 29.2 Å². The van der Waals surface area contributed by atoms with Crippen LogP contribution in [0.15, 0.2) is 40.9 Å². The molecule has 1 amide bonds. The maximum Gasteiger partial charge on any atom is 0.259 e. The third kappa shape index (κ3) is 2.34. The van der Waals surface area contributed by atoms with Gasteiger partial charge in [-0.1, -0.05) is 17.7 Å². The Kier molecular flexibility index (Phi) is 3.52. The Balaban J connectivity index is 1.99. The third-order valence-corrected chi connectivity index (χ3v) is 4.24. The first-order valence-electron chi connectivity index (χ1n) is 6.11. The van der Waals surface area contributed by atoms with Gasteiger partial charge >= 0.3 is 0 Å². The SMILES string of the molecule is O=C(c1ccc(Cl)cc1Br)N1CCc2ccc(F)cc21. The van der Waals surface area contributed by atoms with Crippen molar-refractivity contribution in [3.05, 3.63) is 62.8 Å². The lowest BCUT2D eigenvalue weighted by atomic mass is 10.1. The monoisotopic (exact) mass is 353 g/mol. The zero-order valence-electron chi connectivity index (χ0n) is 10.4. The minimum absolute atomic E-state index is 0.155. The molecule has 2 nitrogen and oxygen atoms in total. The van der Waals surface area contributed by atoms with Gasteiger partial charge in [-0.2, -0.15) is 0 Å². The summed E-state index contributed by atoms with van der Waals surface area (Å²) in [6, 6.07) is 9.58. The van der Waals surface area contributed by atoms with Crippen LogP contribution in [0.2, 0.25) is 5.02 Å². The lowest BCUT2D eigenvalue weighted by Gasteiger charge is -2.18. The number of carbonyl (C=O) groups is 1. The zero-order valence-corrected chi connectivity index (χ0v) is 12.7. The molecule has 0 aromatic heterocycles. The van der Waals surface area contributed by atoms with Crippen LogP contribution in [0.25, 0.3) is 0 Å². The summed E-state index contributed by atoms with van der Waals surface area (Å²) in [4.78, 5) is 14.2. The Morgan fingerprint density at radius 2 is 2.05 bits per heavy atom. The average molecular weight is 355 g/mol. The Morgan fingerprint density at radius 1 is 1.25 bits per heavy atom. The van der Waals surface area contributed by atoms with Crippen LogP contribution in [0.3, 0.4) is 0 Å². The molecular weight excluding hydrogens is 345 g/mol. The molecule has 102 valence electrons. The van der Waals surface area contributed by atoms with Crippen molar-refractivity contribution in [2.24, 2.45) is 0 Å². The van der Waals surface area contributed by atoms with Gasteiger partial charge in [0.15, 0.2) is 0 Å². The van der Waals surface area contributed by atoms with Gasteiger partial charge in [-0.15, -0.1) is 0 Å². The molecule has 2 aromatic carbocycles. The number of hydrogen-bond donors (Lipinski definition) is 0. The number of nitrogens with zero attached hydrogens (tertiary/aromatic N) is 1. The number of amides is 1.